The number of benzene rings is 2. The van der Waals surface area contributed by atoms with Gasteiger partial charge >= 0.3 is 0 Å². The molecule has 0 aromatic heterocycles. The van der Waals surface area contributed by atoms with Gasteiger partial charge in [-0.1, -0.05) is 38.1 Å². The lowest BCUT2D eigenvalue weighted by Crippen LogP contribution is -2.31. The summed E-state index contributed by atoms with van der Waals surface area (Å²) in [6.07, 6.45) is 1.88. The molecular weight excluding hydrogens is 344 g/mol. The van der Waals surface area contributed by atoms with Crippen molar-refractivity contribution in [2.24, 2.45) is 0 Å². The van der Waals surface area contributed by atoms with Crippen molar-refractivity contribution >= 4 is 17.3 Å². The van der Waals surface area contributed by atoms with Gasteiger partial charge in [-0.15, -0.1) is 0 Å². The second-order valence-electron chi connectivity index (χ2n) is 6.76. The van der Waals surface area contributed by atoms with Crippen LogP contribution in [0.2, 0.25) is 0 Å². The lowest BCUT2D eigenvalue weighted by atomic mass is 10.1. The summed E-state index contributed by atoms with van der Waals surface area (Å²) in [5.74, 6) is 0.633. The van der Waals surface area contributed by atoms with Crippen LogP contribution in [0.1, 0.15) is 36.1 Å². The van der Waals surface area contributed by atoms with E-state index in [1.165, 1.54) is 11.1 Å². The van der Waals surface area contributed by atoms with Crippen molar-refractivity contribution in [2.45, 2.75) is 39.8 Å². The molecule has 4 nitrogen and oxygen atoms in total. The van der Waals surface area contributed by atoms with Crippen molar-refractivity contribution in [1.82, 2.24) is 9.80 Å². The fourth-order valence-corrected chi connectivity index (χ4v) is 3.62. The van der Waals surface area contributed by atoms with Gasteiger partial charge in [0.25, 0.3) is 0 Å². The van der Waals surface area contributed by atoms with Crippen molar-refractivity contribution in [3.63, 3.8) is 0 Å². The third-order valence-corrected chi connectivity index (χ3v) is 5.52. The van der Waals surface area contributed by atoms with Gasteiger partial charge in [-0.3, -0.25) is 0 Å². The Hall–Kier alpha value is -2.27. The molecule has 2 aromatic carbocycles. The number of rotatable bonds is 6. The van der Waals surface area contributed by atoms with Gasteiger partial charge in [-0.25, -0.2) is 0 Å². The van der Waals surface area contributed by atoms with E-state index in [9.17, 15) is 10.2 Å². The third kappa shape index (κ3) is 3.93. The van der Waals surface area contributed by atoms with Crippen molar-refractivity contribution in [3.05, 3.63) is 58.7 Å². The highest BCUT2D eigenvalue weighted by Crippen LogP contribution is 2.26. The molecule has 0 amide bonds. The molecule has 2 aromatic rings. The standard InChI is InChI=1S/C21H26N2O2S/c1-3-15-5-7-19(24)17(11-15)13-22-9-10-23(21(22)26)14-18-12-16(4-2)6-8-20(18)25/h5-8,11-12,24-25H,3-4,9-10,13-14H2,1-2H3. The maximum Gasteiger partial charge on any atom is 0.172 e. The van der Waals surface area contributed by atoms with Gasteiger partial charge in [0.2, 0.25) is 0 Å². The normalized spacial score (nSPS) is 14.3. The zero-order chi connectivity index (χ0) is 18.7. The summed E-state index contributed by atoms with van der Waals surface area (Å²) in [6, 6.07) is 11.5. The molecular formula is C21H26N2O2S. The average Bonchev–Trinajstić information content (AvgIpc) is 2.98. The summed E-state index contributed by atoms with van der Waals surface area (Å²) in [7, 11) is 0. The molecule has 1 heterocycles. The maximum atomic E-state index is 10.2. The van der Waals surface area contributed by atoms with Gasteiger partial charge < -0.3 is 20.0 Å². The minimum absolute atomic E-state index is 0.316. The molecule has 0 atom stereocenters. The SMILES string of the molecule is CCc1ccc(O)c(CN2CCN(Cc3cc(CC)ccc3O)C2=S)c1. The predicted octanol–water partition coefficient (Wildman–Crippen LogP) is 3.83. The average molecular weight is 371 g/mol. The minimum Gasteiger partial charge on any atom is -0.508 e. The second-order valence-corrected chi connectivity index (χ2v) is 7.12. The molecule has 0 bridgehead atoms. The highest BCUT2D eigenvalue weighted by atomic mass is 32.1. The molecule has 26 heavy (non-hydrogen) atoms. The quantitative estimate of drug-likeness (QED) is 0.757. The molecule has 138 valence electrons. The molecule has 1 aliphatic rings. The highest BCUT2D eigenvalue weighted by molar-refractivity contribution is 7.80. The molecule has 3 rings (SSSR count). The van der Waals surface area contributed by atoms with Crippen LogP contribution in [0, 0.1) is 0 Å². The molecule has 0 radical (unpaired) electrons. The van der Waals surface area contributed by atoms with Crippen LogP contribution in [0.5, 0.6) is 11.5 Å². The van der Waals surface area contributed by atoms with E-state index in [1.54, 1.807) is 12.1 Å². The summed E-state index contributed by atoms with van der Waals surface area (Å²) < 4.78 is 0. The van der Waals surface area contributed by atoms with E-state index in [2.05, 4.69) is 35.8 Å². The number of hydrogen-bond donors (Lipinski definition) is 2. The Bertz CT molecular complexity index is 741. The van der Waals surface area contributed by atoms with Gasteiger partial charge in [0.1, 0.15) is 11.5 Å². The van der Waals surface area contributed by atoms with Gasteiger partial charge in [0.05, 0.1) is 0 Å². The first kappa shape index (κ1) is 18.5. The third-order valence-electron chi connectivity index (χ3n) is 5.01. The van der Waals surface area contributed by atoms with E-state index in [-0.39, 0.29) is 0 Å². The number of phenolic OH excluding ortho intramolecular Hbond substituents is 2. The monoisotopic (exact) mass is 370 g/mol. The predicted molar refractivity (Wildman–Crippen MR) is 108 cm³/mol. The zero-order valence-corrected chi connectivity index (χ0v) is 16.2. The lowest BCUT2D eigenvalue weighted by molar-refractivity contribution is 0.425. The lowest BCUT2D eigenvalue weighted by Gasteiger charge is -2.23. The van der Waals surface area contributed by atoms with Crippen LogP contribution in [-0.2, 0) is 25.9 Å². The molecule has 0 unspecified atom stereocenters. The van der Waals surface area contributed by atoms with Crippen molar-refractivity contribution in [3.8, 4) is 11.5 Å². The van der Waals surface area contributed by atoms with Crippen LogP contribution in [0.15, 0.2) is 36.4 Å². The van der Waals surface area contributed by atoms with Crippen LogP contribution in [0.4, 0.5) is 0 Å². The Balaban J connectivity index is 1.71. The first-order chi connectivity index (χ1) is 12.5. The second kappa shape index (κ2) is 7.96. The molecule has 0 aliphatic carbocycles. The number of hydrogen-bond acceptors (Lipinski definition) is 3. The molecule has 2 N–H and O–H groups in total. The number of phenols is 2. The van der Waals surface area contributed by atoms with E-state index in [4.69, 9.17) is 12.2 Å². The van der Waals surface area contributed by atoms with E-state index in [0.717, 1.165) is 42.2 Å². The Kier molecular flexibility index (Phi) is 5.67. The van der Waals surface area contributed by atoms with Crippen LogP contribution in [-0.4, -0.2) is 38.2 Å². The molecule has 0 spiro atoms. The Morgan fingerprint density at radius 3 is 1.62 bits per heavy atom. The first-order valence-corrected chi connectivity index (χ1v) is 9.58. The number of nitrogens with zero attached hydrogens (tertiary/aromatic N) is 2. The van der Waals surface area contributed by atoms with Gasteiger partial charge in [-0.2, -0.15) is 0 Å². The number of aryl methyl sites for hydroxylation is 2. The summed E-state index contributed by atoms with van der Waals surface area (Å²) >= 11 is 5.66. The maximum absolute atomic E-state index is 10.2. The zero-order valence-electron chi connectivity index (χ0n) is 15.4. The van der Waals surface area contributed by atoms with E-state index >= 15 is 0 Å². The summed E-state index contributed by atoms with van der Waals surface area (Å²) in [5, 5.41) is 21.1. The fourth-order valence-electron chi connectivity index (χ4n) is 3.31. The highest BCUT2D eigenvalue weighted by Gasteiger charge is 2.26. The first-order valence-electron chi connectivity index (χ1n) is 9.17. The number of aromatic hydroxyl groups is 2. The Morgan fingerprint density at radius 1 is 0.808 bits per heavy atom. The van der Waals surface area contributed by atoms with Crippen LogP contribution in [0.3, 0.4) is 0 Å². The molecule has 1 aliphatic heterocycles. The molecule has 5 heteroatoms. The largest absolute Gasteiger partial charge is 0.508 e. The topological polar surface area (TPSA) is 46.9 Å². The van der Waals surface area contributed by atoms with Crippen molar-refractivity contribution in [2.75, 3.05) is 13.1 Å². The van der Waals surface area contributed by atoms with Gasteiger partial charge in [0.15, 0.2) is 5.11 Å². The molecule has 0 saturated carbocycles. The van der Waals surface area contributed by atoms with Gasteiger partial charge in [-0.05, 0) is 48.3 Å². The minimum atomic E-state index is 0.316. The van der Waals surface area contributed by atoms with E-state index in [0.29, 0.717) is 24.6 Å². The van der Waals surface area contributed by atoms with Crippen LogP contribution in [0.25, 0.3) is 0 Å². The Labute approximate surface area is 160 Å². The van der Waals surface area contributed by atoms with Crippen molar-refractivity contribution < 1.29 is 10.2 Å². The summed E-state index contributed by atoms with van der Waals surface area (Å²) in [6.45, 7) is 7.07. The van der Waals surface area contributed by atoms with E-state index < -0.39 is 0 Å². The fraction of sp³-hybridized carbons (Fsp3) is 0.381. The molecule has 1 fully saturated rings. The number of thiocarbonyl (C=S) groups is 1. The molecule has 1 saturated heterocycles. The van der Waals surface area contributed by atoms with Crippen LogP contribution < -0.4 is 0 Å². The summed E-state index contributed by atoms with van der Waals surface area (Å²) in [5.41, 5.74) is 4.23. The smallest absolute Gasteiger partial charge is 0.172 e. The van der Waals surface area contributed by atoms with Gasteiger partial charge in [0, 0.05) is 37.3 Å². The Morgan fingerprint density at radius 2 is 1.23 bits per heavy atom. The van der Waals surface area contributed by atoms with Crippen LogP contribution >= 0.6 is 12.2 Å². The van der Waals surface area contributed by atoms with Crippen molar-refractivity contribution in [1.29, 1.82) is 0 Å². The summed E-state index contributed by atoms with van der Waals surface area (Å²) in [4.78, 5) is 4.23. The van der Waals surface area contributed by atoms with E-state index in [1.807, 2.05) is 12.1 Å².